The molecule has 0 unspecified atom stereocenters. The Kier molecular flexibility index (Phi) is 9.22. The number of allylic oxidation sites excluding steroid dienone is 1. The molecule has 0 amide bonds. The first-order chi connectivity index (χ1) is 20.3. The molecule has 0 aliphatic rings. The highest BCUT2D eigenvalue weighted by Gasteiger charge is 2.38. The molecule has 4 aromatic carbocycles. The van der Waals surface area contributed by atoms with Gasteiger partial charge in [-0.3, -0.25) is 0 Å². The zero-order chi connectivity index (χ0) is 31.4. The Bertz CT molecular complexity index is 1640. The lowest BCUT2D eigenvalue weighted by atomic mass is 9.97. The van der Waals surface area contributed by atoms with Gasteiger partial charge in [0, 0.05) is 11.6 Å². The number of benzene rings is 4. The lowest BCUT2D eigenvalue weighted by Crippen LogP contribution is -2.24. The van der Waals surface area contributed by atoms with Crippen molar-refractivity contribution < 1.29 is 49.0 Å². The van der Waals surface area contributed by atoms with E-state index in [1.54, 1.807) is 12.1 Å². The van der Waals surface area contributed by atoms with Gasteiger partial charge in [0.25, 0.3) is 6.08 Å². The van der Waals surface area contributed by atoms with E-state index in [1.165, 1.54) is 12.1 Å². The number of hydrogen-bond acceptors (Lipinski definition) is 2. The van der Waals surface area contributed by atoms with Crippen LogP contribution in [0.1, 0.15) is 17.5 Å². The highest BCUT2D eigenvalue weighted by molar-refractivity contribution is 5.71. The molecule has 0 saturated heterocycles. The molecule has 2 nitrogen and oxygen atoms in total. The second-order valence-electron chi connectivity index (χ2n) is 9.22. The van der Waals surface area contributed by atoms with Crippen molar-refractivity contribution in [2.24, 2.45) is 0 Å². The van der Waals surface area contributed by atoms with Gasteiger partial charge in [-0.15, -0.1) is 6.58 Å². The average molecular weight is 609 g/mol. The van der Waals surface area contributed by atoms with Gasteiger partial charge in [-0.2, -0.15) is 26.3 Å². The minimum absolute atomic E-state index is 0.0480. The van der Waals surface area contributed by atoms with Crippen LogP contribution < -0.4 is 9.47 Å². The van der Waals surface area contributed by atoms with Gasteiger partial charge in [0.1, 0.15) is 17.4 Å². The van der Waals surface area contributed by atoms with E-state index in [-0.39, 0.29) is 17.2 Å². The van der Waals surface area contributed by atoms with Gasteiger partial charge in [-0.25, -0.2) is 13.2 Å². The lowest BCUT2D eigenvalue weighted by molar-refractivity contribution is -0.187. The summed E-state index contributed by atoms with van der Waals surface area (Å²) in [5, 5.41) is 0. The van der Waals surface area contributed by atoms with Crippen LogP contribution in [-0.4, -0.2) is 6.11 Å². The van der Waals surface area contributed by atoms with Crippen molar-refractivity contribution in [3.8, 4) is 33.8 Å². The minimum atomic E-state index is -4.59. The van der Waals surface area contributed by atoms with Crippen LogP contribution in [0, 0.1) is 17.5 Å². The molecule has 43 heavy (non-hydrogen) atoms. The van der Waals surface area contributed by atoms with Gasteiger partial charge in [0.15, 0.2) is 11.6 Å². The van der Waals surface area contributed by atoms with E-state index in [2.05, 4.69) is 16.1 Å². The van der Waals surface area contributed by atoms with Crippen LogP contribution in [-0.2, 0) is 12.5 Å². The van der Waals surface area contributed by atoms with E-state index in [9.17, 15) is 35.1 Å². The number of ether oxygens (including phenoxy) is 2. The normalized spacial score (nSPS) is 11.7. The molecule has 0 bridgehead atoms. The molecule has 0 aromatic heterocycles. The van der Waals surface area contributed by atoms with Gasteiger partial charge in [-0.1, -0.05) is 48.5 Å². The maximum absolute atomic E-state index is 15.0. The molecular formula is C32H21F9O2. The number of halogens is 9. The summed E-state index contributed by atoms with van der Waals surface area (Å²) in [6.45, 7) is 3.68. The summed E-state index contributed by atoms with van der Waals surface area (Å²) in [6.07, 6.45) is -9.21. The fraction of sp³-hybridized carbons (Fsp3) is 0.125. The summed E-state index contributed by atoms with van der Waals surface area (Å²) in [6, 6.07) is 15.3. The fourth-order valence-corrected chi connectivity index (χ4v) is 4.11. The topological polar surface area (TPSA) is 18.5 Å². The van der Waals surface area contributed by atoms with Crippen LogP contribution in [0.15, 0.2) is 104 Å². The predicted octanol–water partition coefficient (Wildman–Crippen LogP) is 10.4. The Hall–Kier alpha value is -4.67. The summed E-state index contributed by atoms with van der Waals surface area (Å²) in [5.74, 6) is -5.98. The number of alkyl halides is 4. The Labute approximate surface area is 240 Å². The van der Waals surface area contributed by atoms with Crippen molar-refractivity contribution in [2.75, 3.05) is 0 Å². The van der Waals surface area contributed by atoms with Crippen molar-refractivity contribution in [1.82, 2.24) is 0 Å². The van der Waals surface area contributed by atoms with Crippen molar-refractivity contribution in [3.05, 3.63) is 132 Å². The van der Waals surface area contributed by atoms with E-state index in [4.69, 9.17) is 0 Å². The molecule has 0 N–H and O–H groups in total. The largest absolute Gasteiger partial charge is 0.429 e. The van der Waals surface area contributed by atoms with Crippen LogP contribution >= 0.6 is 0 Å². The number of hydrogen-bond donors (Lipinski definition) is 0. The van der Waals surface area contributed by atoms with Gasteiger partial charge in [-0.05, 0) is 65.4 Å². The zero-order valence-corrected chi connectivity index (χ0v) is 22.0. The van der Waals surface area contributed by atoms with Crippen LogP contribution in [0.2, 0.25) is 0 Å². The second-order valence-corrected chi connectivity index (χ2v) is 9.22. The van der Waals surface area contributed by atoms with Crippen molar-refractivity contribution in [3.63, 3.8) is 0 Å². The Balaban J connectivity index is 1.51. The van der Waals surface area contributed by atoms with Crippen molar-refractivity contribution >= 4 is 0 Å². The first kappa shape index (κ1) is 31.3. The monoisotopic (exact) mass is 608 g/mol. The van der Waals surface area contributed by atoms with E-state index >= 15 is 4.39 Å². The molecule has 224 valence electrons. The second kappa shape index (κ2) is 12.7. The molecule has 11 heteroatoms. The Morgan fingerprint density at radius 1 is 0.698 bits per heavy atom. The van der Waals surface area contributed by atoms with Crippen LogP contribution in [0.3, 0.4) is 0 Å². The van der Waals surface area contributed by atoms with Gasteiger partial charge in [0.05, 0.1) is 11.6 Å². The summed E-state index contributed by atoms with van der Waals surface area (Å²) in [4.78, 5) is 0. The maximum Gasteiger partial charge on any atom is 0.429 e. The SMILES string of the molecule is C=CCCc1ccc(-c2ccc(-c3ccc(C(F)(F)Oc4ccc(OC(F)(F)C=C(F)F)c(F)c4)c(F)c3)c(F)c2)cc1. The summed E-state index contributed by atoms with van der Waals surface area (Å²) < 4.78 is 133. The van der Waals surface area contributed by atoms with Crippen LogP contribution in [0.4, 0.5) is 39.5 Å². The first-order valence-electron chi connectivity index (χ1n) is 12.6. The average Bonchev–Trinajstić information content (AvgIpc) is 2.92. The van der Waals surface area contributed by atoms with Crippen molar-refractivity contribution in [2.45, 2.75) is 25.1 Å². The summed E-state index contributed by atoms with van der Waals surface area (Å²) in [7, 11) is 0. The smallest absolute Gasteiger partial charge is 0.429 e. The van der Waals surface area contributed by atoms with E-state index in [0.717, 1.165) is 30.0 Å². The minimum Gasteiger partial charge on any atom is -0.429 e. The highest BCUT2D eigenvalue weighted by atomic mass is 19.3. The number of rotatable bonds is 11. The fourth-order valence-electron chi connectivity index (χ4n) is 4.11. The Morgan fingerprint density at radius 2 is 1.35 bits per heavy atom. The quantitative estimate of drug-likeness (QED) is 0.125. The van der Waals surface area contributed by atoms with E-state index in [1.807, 2.05) is 24.3 Å². The van der Waals surface area contributed by atoms with E-state index < -0.39 is 58.9 Å². The first-order valence-corrected chi connectivity index (χ1v) is 12.6. The zero-order valence-electron chi connectivity index (χ0n) is 22.0. The standard InChI is InChI=1S/C32H21F9O2/c1-2-3-4-19-5-7-20(8-6-19)21-9-12-24(26(33)15-21)22-10-13-25(27(34)16-22)32(40,41)42-23-11-14-29(28(35)17-23)43-31(38,39)18-30(36)37/h2,5-18H,1,3-4H2. The molecule has 0 radical (unpaired) electrons. The third-order valence-corrected chi connectivity index (χ3v) is 6.16. The number of aryl methyl sites for hydroxylation is 1. The molecule has 4 aromatic rings. The molecule has 0 fully saturated rings. The van der Waals surface area contributed by atoms with Gasteiger partial charge in [0.2, 0.25) is 0 Å². The maximum atomic E-state index is 15.0. The highest BCUT2D eigenvalue weighted by Crippen LogP contribution is 2.37. The molecule has 0 atom stereocenters. The summed E-state index contributed by atoms with van der Waals surface area (Å²) >= 11 is 0. The van der Waals surface area contributed by atoms with Crippen LogP contribution in [0.5, 0.6) is 11.5 Å². The van der Waals surface area contributed by atoms with Crippen molar-refractivity contribution in [1.29, 1.82) is 0 Å². The van der Waals surface area contributed by atoms with Gasteiger partial charge >= 0.3 is 12.2 Å². The third kappa shape index (κ3) is 7.79. The summed E-state index contributed by atoms with van der Waals surface area (Å²) in [5.41, 5.74) is 0.985. The van der Waals surface area contributed by atoms with E-state index in [0.29, 0.717) is 29.8 Å². The van der Waals surface area contributed by atoms with Crippen LogP contribution in [0.25, 0.3) is 22.3 Å². The van der Waals surface area contributed by atoms with Gasteiger partial charge < -0.3 is 9.47 Å². The predicted molar refractivity (Wildman–Crippen MR) is 143 cm³/mol. The molecule has 0 spiro atoms. The lowest BCUT2D eigenvalue weighted by Gasteiger charge is -2.20. The molecular weight excluding hydrogens is 587 g/mol. The molecule has 4 rings (SSSR count). The Morgan fingerprint density at radius 3 is 1.95 bits per heavy atom. The molecule has 0 heterocycles. The third-order valence-electron chi connectivity index (χ3n) is 6.16. The molecule has 0 saturated carbocycles. The molecule has 0 aliphatic heterocycles. The molecule has 0 aliphatic carbocycles.